The summed E-state index contributed by atoms with van der Waals surface area (Å²) in [5.74, 6) is 0.721. The average Bonchev–Trinajstić information content (AvgIpc) is 2.71. The van der Waals surface area contributed by atoms with Gasteiger partial charge in [-0.05, 0) is 57.9 Å². The van der Waals surface area contributed by atoms with Gasteiger partial charge in [-0.1, -0.05) is 25.0 Å². The lowest BCUT2D eigenvalue weighted by molar-refractivity contribution is -0.156. The second kappa shape index (κ2) is 7.82. The highest BCUT2D eigenvalue weighted by Gasteiger charge is 2.26. The molecule has 1 atom stereocenters. The van der Waals surface area contributed by atoms with E-state index in [1.165, 1.54) is 18.4 Å². The Labute approximate surface area is 139 Å². The quantitative estimate of drug-likeness (QED) is 0.788. The second-order valence-corrected chi connectivity index (χ2v) is 7.20. The van der Waals surface area contributed by atoms with E-state index in [1.54, 1.807) is 7.11 Å². The maximum atomic E-state index is 12.2. The van der Waals surface area contributed by atoms with Crippen LogP contribution >= 0.6 is 0 Å². The van der Waals surface area contributed by atoms with E-state index in [0.717, 1.165) is 25.1 Å². The van der Waals surface area contributed by atoms with Crippen molar-refractivity contribution in [1.82, 2.24) is 4.90 Å². The Hall–Kier alpha value is -1.55. The van der Waals surface area contributed by atoms with Crippen molar-refractivity contribution in [1.29, 1.82) is 0 Å². The number of benzene rings is 1. The zero-order valence-electron chi connectivity index (χ0n) is 14.8. The van der Waals surface area contributed by atoms with Crippen molar-refractivity contribution in [3.63, 3.8) is 0 Å². The van der Waals surface area contributed by atoms with Gasteiger partial charge < -0.3 is 9.47 Å². The third-order valence-corrected chi connectivity index (χ3v) is 4.12. The molecule has 0 amide bonds. The van der Waals surface area contributed by atoms with Crippen LogP contribution in [0.4, 0.5) is 0 Å². The number of rotatable bonds is 4. The Morgan fingerprint density at radius 2 is 1.87 bits per heavy atom. The van der Waals surface area contributed by atoms with Gasteiger partial charge in [0.15, 0.2) is 0 Å². The number of likely N-dealkylation sites (tertiary alicyclic amines) is 1. The number of hydrogen-bond donors (Lipinski definition) is 0. The van der Waals surface area contributed by atoms with Gasteiger partial charge in [0.2, 0.25) is 0 Å². The van der Waals surface area contributed by atoms with Gasteiger partial charge in [-0.2, -0.15) is 0 Å². The van der Waals surface area contributed by atoms with Crippen LogP contribution in [0.25, 0.3) is 0 Å². The van der Waals surface area contributed by atoms with Crippen molar-refractivity contribution < 1.29 is 14.3 Å². The first-order valence-corrected chi connectivity index (χ1v) is 8.49. The van der Waals surface area contributed by atoms with E-state index >= 15 is 0 Å². The van der Waals surface area contributed by atoms with Crippen molar-refractivity contribution in [3.05, 3.63) is 29.8 Å². The maximum Gasteiger partial charge on any atom is 0.320 e. The lowest BCUT2D eigenvalue weighted by Crippen LogP contribution is -2.37. The maximum absolute atomic E-state index is 12.2. The van der Waals surface area contributed by atoms with Gasteiger partial charge in [0.1, 0.15) is 11.4 Å². The average molecular weight is 319 g/mol. The van der Waals surface area contributed by atoms with Gasteiger partial charge in [-0.3, -0.25) is 9.69 Å². The molecule has 4 nitrogen and oxygen atoms in total. The standard InChI is InChI=1S/C19H29NO3/c1-19(2,3)23-18(21)14-20-13-7-5-6-8-17(20)15-9-11-16(22-4)12-10-15/h9-12,17H,5-8,13-14H2,1-4H3. The van der Waals surface area contributed by atoms with E-state index in [2.05, 4.69) is 17.0 Å². The molecular formula is C19H29NO3. The fourth-order valence-electron chi connectivity index (χ4n) is 3.10. The number of carbonyl (C=O) groups is 1. The zero-order valence-corrected chi connectivity index (χ0v) is 14.8. The predicted molar refractivity (Wildman–Crippen MR) is 91.6 cm³/mol. The predicted octanol–water partition coefficient (Wildman–Crippen LogP) is 3.95. The molecule has 2 rings (SSSR count). The Balaban J connectivity index is 2.11. The SMILES string of the molecule is COc1ccc(C2CCCCCN2CC(=O)OC(C)(C)C)cc1. The summed E-state index contributed by atoms with van der Waals surface area (Å²) in [6.07, 6.45) is 4.63. The number of ether oxygens (including phenoxy) is 2. The number of esters is 1. The molecule has 0 aliphatic carbocycles. The molecule has 4 heteroatoms. The molecule has 23 heavy (non-hydrogen) atoms. The van der Waals surface area contributed by atoms with Crippen LogP contribution in [0.15, 0.2) is 24.3 Å². The molecule has 0 radical (unpaired) electrons. The van der Waals surface area contributed by atoms with Crippen LogP contribution in [-0.2, 0) is 9.53 Å². The summed E-state index contributed by atoms with van der Waals surface area (Å²) < 4.78 is 10.7. The first-order chi connectivity index (χ1) is 10.9. The van der Waals surface area contributed by atoms with Gasteiger partial charge in [0.05, 0.1) is 13.7 Å². The molecule has 0 saturated carbocycles. The minimum Gasteiger partial charge on any atom is -0.497 e. The van der Waals surface area contributed by atoms with E-state index < -0.39 is 5.60 Å². The molecule has 0 aromatic heterocycles. The molecule has 0 N–H and O–H groups in total. The summed E-state index contributed by atoms with van der Waals surface area (Å²) in [5.41, 5.74) is 0.815. The van der Waals surface area contributed by atoms with E-state index in [9.17, 15) is 4.79 Å². The zero-order chi connectivity index (χ0) is 16.9. The van der Waals surface area contributed by atoms with E-state index in [1.807, 2.05) is 32.9 Å². The molecule has 1 aromatic rings. The lowest BCUT2D eigenvalue weighted by atomic mass is 10.0. The third kappa shape index (κ3) is 5.54. The highest BCUT2D eigenvalue weighted by molar-refractivity contribution is 5.72. The molecule has 0 bridgehead atoms. The summed E-state index contributed by atoms with van der Waals surface area (Å²) in [5, 5.41) is 0. The number of nitrogens with zero attached hydrogens (tertiary/aromatic N) is 1. The smallest absolute Gasteiger partial charge is 0.320 e. The minimum atomic E-state index is -0.432. The molecule has 1 aliphatic rings. The van der Waals surface area contributed by atoms with Crippen LogP contribution in [0.2, 0.25) is 0 Å². The van der Waals surface area contributed by atoms with E-state index in [-0.39, 0.29) is 12.0 Å². The Bertz CT molecular complexity index is 504. The Kier molecular flexibility index (Phi) is 6.05. The van der Waals surface area contributed by atoms with Crippen LogP contribution in [-0.4, -0.2) is 36.7 Å². The fraction of sp³-hybridized carbons (Fsp3) is 0.632. The molecule has 1 saturated heterocycles. The highest BCUT2D eigenvalue weighted by Crippen LogP contribution is 2.31. The first kappa shape index (κ1) is 17.8. The lowest BCUT2D eigenvalue weighted by Gasteiger charge is -2.30. The molecular weight excluding hydrogens is 290 g/mol. The largest absolute Gasteiger partial charge is 0.497 e. The molecule has 1 aromatic carbocycles. The van der Waals surface area contributed by atoms with Crippen molar-refractivity contribution in [3.8, 4) is 5.75 Å². The van der Waals surface area contributed by atoms with E-state index in [0.29, 0.717) is 6.54 Å². The van der Waals surface area contributed by atoms with Crippen molar-refractivity contribution >= 4 is 5.97 Å². The van der Waals surface area contributed by atoms with E-state index in [4.69, 9.17) is 9.47 Å². The summed E-state index contributed by atoms with van der Waals surface area (Å²) >= 11 is 0. The molecule has 1 aliphatic heterocycles. The van der Waals surface area contributed by atoms with Gasteiger partial charge >= 0.3 is 5.97 Å². The molecule has 128 valence electrons. The van der Waals surface area contributed by atoms with Crippen LogP contribution in [0.3, 0.4) is 0 Å². The van der Waals surface area contributed by atoms with Gasteiger partial charge in [-0.25, -0.2) is 0 Å². The monoisotopic (exact) mass is 319 g/mol. The van der Waals surface area contributed by atoms with Crippen molar-refractivity contribution in [2.24, 2.45) is 0 Å². The van der Waals surface area contributed by atoms with Crippen molar-refractivity contribution in [2.75, 3.05) is 20.2 Å². The normalized spacial score (nSPS) is 19.9. The number of hydrogen-bond acceptors (Lipinski definition) is 4. The minimum absolute atomic E-state index is 0.141. The Morgan fingerprint density at radius 1 is 1.17 bits per heavy atom. The molecule has 1 heterocycles. The molecule has 0 spiro atoms. The topological polar surface area (TPSA) is 38.8 Å². The highest BCUT2D eigenvalue weighted by atomic mass is 16.6. The van der Waals surface area contributed by atoms with Crippen LogP contribution in [0.5, 0.6) is 5.75 Å². The number of methoxy groups -OCH3 is 1. The number of carbonyl (C=O) groups excluding carboxylic acids is 1. The first-order valence-electron chi connectivity index (χ1n) is 8.49. The van der Waals surface area contributed by atoms with Gasteiger partial charge in [0.25, 0.3) is 0 Å². The second-order valence-electron chi connectivity index (χ2n) is 7.20. The summed E-state index contributed by atoms with van der Waals surface area (Å²) in [7, 11) is 1.68. The Morgan fingerprint density at radius 3 is 2.48 bits per heavy atom. The molecule has 1 fully saturated rings. The molecule has 1 unspecified atom stereocenters. The van der Waals surface area contributed by atoms with Gasteiger partial charge in [0, 0.05) is 6.04 Å². The summed E-state index contributed by atoms with van der Waals surface area (Å²) in [6.45, 7) is 7.03. The fourth-order valence-corrected chi connectivity index (χ4v) is 3.10. The third-order valence-electron chi connectivity index (χ3n) is 4.12. The van der Waals surface area contributed by atoms with Crippen LogP contribution < -0.4 is 4.74 Å². The van der Waals surface area contributed by atoms with Gasteiger partial charge in [-0.15, -0.1) is 0 Å². The van der Waals surface area contributed by atoms with Crippen molar-refractivity contribution in [2.45, 2.75) is 58.1 Å². The van der Waals surface area contributed by atoms with Crippen LogP contribution in [0.1, 0.15) is 58.1 Å². The summed E-state index contributed by atoms with van der Waals surface area (Å²) in [6, 6.07) is 8.47. The summed E-state index contributed by atoms with van der Waals surface area (Å²) in [4.78, 5) is 14.5. The van der Waals surface area contributed by atoms with Crippen LogP contribution in [0, 0.1) is 0 Å².